The molecule has 2 rings (SSSR count). The van der Waals surface area contributed by atoms with Crippen LogP contribution in [0.4, 0.5) is 8.78 Å². The second-order valence-electron chi connectivity index (χ2n) is 4.77. The minimum absolute atomic E-state index is 0.0601. The molecule has 0 spiro atoms. The third kappa shape index (κ3) is 3.57. The lowest BCUT2D eigenvalue weighted by Crippen LogP contribution is -2.06. The van der Waals surface area contributed by atoms with Crippen LogP contribution >= 0.6 is 15.9 Å². The monoisotopic (exact) mass is 340 g/mol. The Kier molecular flexibility index (Phi) is 4.76. The van der Waals surface area contributed by atoms with Crippen molar-refractivity contribution in [2.24, 2.45) is 0 Å². The normalized spacial score (nSPS) is 12.5. The molecular formula is C16H15BrF2O. The summed E-state index contributed by atoms with van der Waals surface area (Å²) in [4.78, 5) is -0.422. The van der Waals surface area contributed by atoms with Gasteiger partial charge in [-0.3, -0.25) is 0 Å². The summed E-state index contributed by atoms with van der Waals surface area (Å²) in [6.07, 6.45) is 0.0601. The summed E-state index contributed by atoms with van der Waals surface area (Å²) in [6.45, 7) is 3.87. The van der Waals surface area contributed by atoms with Crippen molar-refractivity contribution in [3.8, 4) is 5.75 Å². The van der Waals surface area contributed by atoms with Gasteiger partial charge in [-0.15, -0.1) is 0 Å². The molecule has 0 fully saturated rings. The Labute approximate surface area is 125 Å². The number of hydrogen-bond acceptors (Lipinski definition) is 1. The number of hydrogen-bond donors (Lipinski definition) is 0. The van der Waals surface area contributed by atoms with Crippen LogP contribution in [0.2, 0.25) is 0 Å². The van der Waals surface area contributed by atoms with Crippen LogP contribution in [0.25, 0.3) is 0 Å². The molecule has 0 aliphatic heterocycles. The van der Waals surface area contributed by atoms with E-state index in [0.29, 0.717) is 5.75 Å². The maximum Gasteiger partial charge on any atom is 0.128 e. The van der Waals surface area contributed by atoms with Gasteiger partial charge >= 0.3 is 0 Å². The van der Waals surface area contributed by atoms with Gasteiger partial charge in [0.25, 0.3) is 0 Å². The molecule has 0 aliphatic rings. The van der Waals surface area contributed by atoms with Gasteiger partial charge in [-0.1, -0.05) is 28.1 Å². The van der Waals surface area contributed by atoms with Crippen LogP contribution < -0.4 is 4.74 Å². The quantitative estimate of drug-likeness (QED) is 0.692. The van der Waals surface area contributed by atoms with Crippen LogP contribution in [0.3, 0.4) is 0 Å². The highest BCUT2D eigenvalue weighted by atomic mass is 79.9. The number of benzene rings is 2. The summed E-state index contributed by atoms with van der Waals surface area (Å²) >= 11 is 3.42. The van der Waals surface area contributed by atoms with Crippen molar-refractivity contribution in [3.05, 3.63) is 65.2 Å². The van der Waals surface area contributed by atoms with Crippen LogP contribution in [-0.2, 0) is 0 Å². The standard InChI is InChI=1S/C16H15BrF2O/c1-10(2)20-13-5-3-4-11(8-13)16(17)14-9-12(18)6-7-15(14)19/h3-10,16H,1-2H3. The van der Waals surface area contributed by atoms with E-state index in [1.807, 2.05) is 38.1 Å². The summed E-state index contributed by atoms with van der Waals surface area (Å²) < 4.78 is 32.7. The molecule has 0 aliphatic carbocycles. The van der Waals surface area contributed by atoms with Crippen molar-refractivity contribution in [1.29, 1.82) is 0 Å². The third-order valence-electron chi connectivity index (χ3n) is 2.75. The van der Waals surface area contributed by atoms with E-state index in [1.165, 1.54) is 6.07 Å². The topological polar surface area (TPSA) is 9.23 Å². The van der Waals surface area contributed by atoms with Crippen LogP contribution in [-0.4, -0.2) is 6.10 Å². The first-order valence-electron chi connectivity index (χ1n) is 6.33. The van der Waals surface area contributed by atoms with Crippen LogP contribution in [0.15, 0.2) is 42.5 Å². The molecule has 2 aromatic carbocycles. The van der Waals surface area contributed by atoms with Crippen LogP contribution in [0, 0.1) is 11.6 Å². The Bertz CT molecular complexity index is 599. The molecule has 0 radical (unpaired) electrons. The summed E-state index contributed by atoms with van der Waals surface area (Å²) in [5.74, 6) is -0.192. The van der Waals surface area contributed by atoms with Crippen LogP contribution in [0.1, 0.15) is 29.8 Å². The predicted molar refractivity (Wildman–Crippen MR) is 79.3 cm³/mol. The lowest BCUT2D eigenvalue weighted by Gasteiger charge is -2.15. The van der Waals surface area contributed by atoms with E-state index in [1.54, 1.807) is 0 Å². The number of halogens is 3. The molecule has 2 aromatic rings. The molecule has 0 heterocycles. The van der Waals surface area contributed by atoms with Crippen molar-refractivity contribution >= 4 is 15.9 Å². The molecule has 0 bridgehead atoms. The number of ether oxygens (including phenoxy) is 1. The summed E-state index contributed by atoms with van der Waals surface area (Å²) in [5, 5.41) is 0. The smallest absolute Gasteiger partial charge is 0.128 e. The van der Waals surface area contributed by atoms with Crippen LogP contribution in [0.5, 0.6) is 5.75 Å². The maximum absolute atomic E-state index is 13.8. The molecule has 0 N–H and O–H groups in total. The minimum atomic E-state index is -0.458. The molecule has 1 nitrogen and oxygen atoms in total. The zero-order chi connectivity index (χ0) is 14.7. The van der Waals surface area contributed by atoms with Gasteiger partial charge in [0, 0.05) is 5.56 Å². The summed E-state index contributed by atoms with van der Waals surface area (Å²) in [6, 6.07) is 10.8. The fourth-order valence-corrected chi connectivity index (χ4v) is 2.54. The van der Waals surface area contributed by atoms with Gasteiger partial charge in [0.1, 0.15) is 17.4 Å². The fourth-order valence-electron chi connectivity index (χ4n) is 1.91. The highest BCUT2D eigenvalue weighted by Gasteiger charge is 2.16. The van der Waals surface area contributed by atoms with Crippen molar-refractivity contribution in [2.75, 3.05) is 0 Å². The fraction of sp³-hybridized carbons (Fsp3) is 0.250. The molecule has 0 amide bonds. The van der Waals surface area contributed by atoms with E-state index in [0.717, 1.165) is 17.7 Å². The molecular weight excluding hydrogens is 326 g/mol. The SMILES string of the molecule is CC(C)Oc1cccc(C(Br)c2cc(F)ccc2F)c1. The van der Waals surface area contributed by atoms with Gasteiger partial charge in [-0.2, -0.15) is 0 Å². The molecule has 106 valence electrons. The number of rotatable bonds is 4. The van der Waals surface area contributed by atoms with Crippen molar-refractivity contribution in [2.45, 2.75) is 24.8 Å². The molecule has 1 unspecified atom stereocenters. The first-order valence-corrected chi connectivity index (χ1v) is 7.24. The van der Waals surface area contributed by atoms with Crippen molar-refractivity contribution < 1.29 is 13.5 Å². The van der Waals surface area contributed by atoms with E-state index < -0.39 is 16.5 Å². The van der Waals surface area contributed by atoms with E-state index in [-0.39, 0.29) is 11.7 Å². The molecule has 4 heteroatoms. The van der Waals surface area contributed by atoms with E-state index in [9.17, 15) is 8.78 Å². The molecule has 20 heavy (non-hydrogen) atoms. The van der Waals surface area contributed by atoms with E-state index in [4.69, 9.17) is 4.74 Å². The van der Waals surface area contributed by atoms with Gasteiger partial charge in [0.05, 0.1) is 10.9 Å². The average Bonchev–Trinajstić information content (AvgIpc) is 2.40. The lowest BCUT2D eigenvalue weighted by molar-refractivity contribution is 0.242. The first kappa shape index (κ1) is 15.0. The Morgan fingerprint density at radius 1 is 1.05 bits per heavy atom. The highest BCUT2D eigenvalue weighted by molar-refractivity contribution is 9.09. The molecule has 0 saturated heterocycles. The zero-order valence-corrected chi connectivity index (χ0v) is 12.8. The third-order valence-corrected chi connectivity index (χ3v) is 3.78. The number of alkyl halides is 1. The molecule has 0 aromatic heterocycles. The minimum Gasteiger partial charge on any atom is -0.491 e. The molecule has 0 saturated carbocycles. The maximum atomic E-state index is 13.8. The Hall–Kier alpha value is -1.42. The lowest BCUT2D eigenvalue weighted by atomic mass is 10.0. The zero-order valence-electron chi connectivity index (χ0n) is 11.2. The first-order chi connectivity index (χ1) is 9.47. The average molecular weight is 341 g/mol. The summed E-state index contributed by atoms with van der Waals surface area (Å²) in [5.41, 5.74) is 1.08. The second kappa shape index (κ2) is 6.35. The van der Waals surface area contributed by atoms with Gasteiger partial charge in [-0.25, -0.2) is 8.78 Å². The van der Waals surface area contributed by atoms with Gasteiger partial charge in [0.15, 0.2) is 0 Å². The van der Waals surface area contributed by atoms with Crippen molar-refractivity contribution in [1.82, 2.24) is 0 Å². The van der Waals surface area contributed by atoms with E-state index >= 15 is 0 Å². The Morgan fingerprint density at radius 3 is 2.50 bits per heavy atom. The predicted octanol–water partition coefficient (Wildman–Crippen LogP) is 5.24. The van der Waals surface area contributed by atoms with Crippen molar-refractivity contribution in [3.63, 3.8) is 0 Å². The molecule has 1 atom stereocenters. The Balaban J connectivity index is 2.33. The van der Waals surface area contributed by atoms with Gasteiger partial charge in [-0.05, 0) is 49.7 Å². The van der Waals surface area contributed by atoms with Gasteiger partial charge < -0.3 is 4.74 Å². The Morgan fingerprint density at radius 2 is 1.80 bits per heavy atom. The van der Waals surface area contributed by atoms with Gasteiger partial charge in [0.2, 0.25) is 0 Å². The highest BCUT2D eigenvalue weighted by Crippen LogP contribution is 2.34. The summed E-state index contributed by atoms with van der Waals surface area (Å²) in [7, 11) is 0. The second-order valence-corrected chi connectivity index (χ2v) is 5.68. The largest absolute Gasteiger partial charge is 0.491 e. The van der Waals surface area contributed by atoms with E-state index in [2.05, 4.69) is 15.9 Å².